The maximum atomic E-state index is 9.51. The number of phenolic OH excluding ortho intramolecular Hbond substituents is 1. The highest BCUT2D eigenvalue weighted by molar-refractivity contribution is 5.89. The Bertz CT molecular complexity index is 386. The first-order valence-electron chi connectivity index (χ1n) is 3.82. The number of aromatic hydroxyl groups is 1. The van der Waals surface area contributed by atoms with E-state index in [4.69, 9.17) is 0 Å². The van der Waals surface area contributed by atoms with Crippen molar-refractivity contribution in [1.82, 2.24) is 4.98 Å². The number of aromatic nitrogens is 1. The van der Waals surface area contributed by atoms with E-state index in [1.165, 1.54) is 0 Å². The molecule has 2 aromatic rings. The van der Waals surface area contributed by atoms with Gasteiger partial charge in [0.05, 0.1) is 0 Å². The molecular formula is C10H9NO. The van der Waals surface area contributed by atoms with Gasteiger partial charge in [-0.1, -0.05) is 12.1 Å². The van der Waals surface area contributed by atoms with Crippen molar-refractivity contribution >= 4 is 10.8 Å². The third-order valence-corrected chi connectivity index (χ3v) is 1.96. The second kappa shape index (κ2) is 2.48. The van der Waals surface area contributed by atoms with Crippen LogP contribution in [-0.4, -0.2) is 10.1 Å². The summed E-state index contributed by atoms with van der Waals surface area (Å²) in [5.74, 6) is 0.304. The van der Waals surface area contributed by atoms with E-state index in [0.29, 0.717) is 5.75 Å². The second-order valence-electron chi connectivity index (χ2n) is 2.77. The number of aryl methyl sites for hydroxylation is 1. The number of nitrogens with zero attached hydrogens (tertiary/aromatic N) is 1. The lowest BCUT2D eigenvalue weighted by Gasteiger charge is -2.01. The monoisotopic (exact) mass is 159 g/mol. The maximum Gasteiger partial charge on any atom is 0.125 e. The average Bonchev–Trinajstić information content (AvgIpc) is 2.04. The molecule has 0 saturated heterocycles. The lowest BCUT2D eigenvalue weighted by atomic mass is 10.1. The Balaban J connectivity index is 2.96. The van der Waals surface area contributed by atoms with Gasteiger partial charge < -0.3 is 5.11 Å². The molecule has 0 unspecified atom stereocenters. The predicted octanol–water partition coefficient (Wildman–Crippen LogP) is 2.25. The van der Waals surface area contributed by atoms with Gasteiger partial charge in [-0.25, -0.2) is 0 Å². The molecule has 2 rings (SSSR count). The van der Waals surface area contributed by atoms with Crippen LogP contribution in [0.25, 0.3) is 10.8 Å². The number of benzene rings is 1. The van der Waals surface area contributed by atoms with Gasteiger partial charge in [0.15, 0.2) is 0 Å². The summed E-state index contributed by atoms with van der Waals surface area (Å²) in [5.41, 5.74) is 0.866. The first-order chi connectivity index (χ1) is 5.79. The van der Waals surface area contributed by atoms with Gasteiger partial charge in [0.1, 0.15) is 5.75 Å². The van der Waals surface area contributed by atoms with E-state index in [9.17, 15) is 5.11 Å². The Hall–Kier alpha value is -1.57. The van der Waals surface area contributed by atoms with Gasteiger partial charge >= 0.3 is 0 Å². The Morgan fingerprint density at radius 2 is 2.08 bits per heavy atom. The zero-order valence-electron chi connectivity index (χ0n) is 6.78. The minimum atomic E-state index is 0.304. The van der Waals surface area contributed by atoms with Gasteiger partial charge in [0.25, 0.3) is 0 Å². The fourth-order valence-electron chi connectivity index (χ4n) is 1.38. The summed E-state index contributed by atoms with van der Waals surface area (Å²) < 4.78 is 0. The topological polar surface area (TPSA) is 33.1 Å². The Morgan fingerprint density at radius 3 is 2.83 bits per heavy atom. The molecular weight excluding hydrogens is 150 g/mol. The number of fused-ring (bicyclic) bond motifs is 1. The summed E-state index contributed by atoms with van der Waals surface area (Å²) in [6.07, 6.45) is 1.75. The van der Waals surface area contributed by atoms with Crippen LogP contribution in [0, 0.1) is 6.92 Å². The molecule has 0 bridgehead atoms. The van der Waals surface area contributed by atoms with Crippen molar-refractivity contribution < 1.29 is 5.11 Å². The van der Waals surface area contributed by atoms with Crippen LogP contribution >= 0.6 is 0 Å². The number of phenols is 1. The maximum absolute atomic E-state index is 9.51. The molecule has 0 aliphatic heterocycles. The molecule has 1 heterocycles. The molecule has 0 aliphatic rings. The van der Waals surface area contributed by atoms with Gasteiger partial charge in [-0.15, -0.1) is 0 Å². The molecule has 2 heteroatoms. The Labute approximate surface area is 70.5 Å². The molecule has 12 heavy (non-hydrogen) atoms. The van der Waals surface area contributed by atoms with Crippen molar-refractivity contribution in [3.63, 3.8) is 0 Å². The van der Waals surface area contributed by atoms with Crippen LogP contribution in [-0.2, 0) is 0 Å². The van der Waals surface area contributed by atoms with Crippen LogP contribution in [0.1, 0.15) is 5.69 Å². The first-order valence-corrected chi connectivity index (χ1v) is 3.82. The molecule has 2 nitrogen and oxygen atoms in total. The van der Waals surface area contributed by atoms with Crippen molar-refractivity contribution in [3.05, 3.63) is 36.2 Å². The van der Waals surface area contributed by atoms with E-state index in [0.717, 1.165) is 16.5 Å². The normalized spacial score (nSPS) is 10.4. The van der Waals surface area contributed by atoms with Crippen molar-refractivity contribution in [1.29, 1.82) is 0 Å². The van der Waals surface area contributed by atoms with Crippen LogP contribution in [0.2, 0.25) is 0 Å². The van der Waals surface area contributed by atoms with E-state index in [1.54, 1.807) is 12.3 Å². The molecule has 0 spiro atoms. The molecule has 0 radical (unpaired) electrons. The van der Waals surface area contributed by atoms with Crippen molar-refractivity contribution in [2.75, 3.05) is 0 Å². The van der Waals surface area contributed by atoms with Gasteiger partial charge in [0.2, 0.25) is 0 Å². The van der Waals surface area contributed by atoms with Gasteiger partial charge in [-0.3, -0.25) is 4.98 Å². The Morgan fingerprint density at radius 1 is 1.25 bits per heavy atom. The molecule has 0 aliphatic carbocycles. The molecule has 0 saturated carbocycles. The van der Waals surface area contributed by atoms with Crippen molar-refractivity contribution in [2.24, 2.45) is 0 Å². The summed E-state index contributed by atoms with van der Waals surface area (Å²) in [4.78, 5) is 4.11. The van der Waals surface area contributed by atoms with Gasteiger partial charge in [-0.05, 0) is 24.4 Å². The van der Waals surface area contributed by atoms with Crippen LogP contribution < -0.4 is 0 Å². The van der Waals surface area contributed by atoms with Crippen LogP contribution in [0.5, 0.6) is 5.75 Å². The highest BCUT2D eigenvalue weighted by atomic mass is 16.3. The van der Waals surface area contributed by atoms with E-state index < -0.39 is 0 Å². The first kappa shape index (κ1) is 7.10. The molecule has 60 valence electrons. The summed E-state index contributed by atoms with van der Waals surface area (Å²) in [6.45, 7) is 1.89. The highest BCUT2D eigenvalue weighted by Crippen LogP contribution is 2.25. The second-order valence-corrected chi connectivity index (χ2v) is 2.77. The van der Waals surface area contributed by atoms with Crippen LogP contribution in [0.4, 0.5) is 0 Å². The molecule has 1 aromatic heterocycles. The standard InChI is InChI=1S/C10H9NO/c1-7-10-8(5-6-11-7)3-2-4-9(10)12/h2-6,12H,1H3. The lowest BCUT2D eigenvalue weighted by molar-refractivity contribution is 0.481. The number of hydrogen-bond acceptors (Lipinski definition) is 2. The number of rotatable bonds is 0. The van der Waals surface area contributed by atoms with Gasteiger partial charge in [0, 0.05) is 17.3 Å². The molecule has 1 aromatic carbocycles. The molecule has 0 amide bonds. The highest BCUT2D eigenvalue weighted by Gasteiger charge is 2.01. The van der Waals surface area contributed by atoms with E-state index in [1.807, 2.05) is 25.1 Å². The smallest absolute Gasteiger partial charge is 0.125 e. The van der Waals surface area contributed by atoms with Crippen molar-refractivity contribution in [3.8, 4) is 5.75 Å². The summed E-state index contributed by atoms with van der Waals surface area (Å²) in [6, 6.07) is 7.36. The van der Waals surface area contributed by atoms with Gasteiger partial charge in [-0.2, -0.15) is 0 Å². The van der Waals surface area contributed by atoms with E-state index in [2.05, 4.69) is 4.98 Å². The van der Waals surface area contributed by atoms with Crippen LogP contribution in [0.15, 0.2) is 30.5 Å². The molecule has 0 atom stereocenters. The van der Waals surface area contributed by atoms with E-state index >= 15 is 0 Å². The Kier molecular flexibility index (Phi) is 1.47. The zero-order chi connectivity index (χ0) is 8.55. The third-order valence-electron chi connectivity index (χ3n) is 1.96. The zero-order valence-corrected chi connectivity index (χ0v) is 6.78. The number of hydrogen-bond donors (Lipinski definition) is 1. The predicted molar refractivity (Wildman–Crippen MR) is 48.1 cm³/mol. The third kappa shape index (κ3) is 0.925. The fourth-order valence-corrected chi connectivity index (χ4v) is 1.38. The fraction of sp³-hybridized carbons (Fsp3) is 0.100. The summed E-state index contributed by atoms with van der Waals surface area (Å²) >= 11 is 0. The van der Waals surface area contributed by atoms with Crippen molar-refractivity contribution in [2.45, 2.75) is 6.92 Å². The minimum Gasteiger partial charge on any atom is -0.507 e. The van der Waals surface area contributed by atoms with Crippen LogP contribution in [0.3, 0.4) is 0 Å². The number of pyridine rings is 1. The summed E-state index contributed by atoms with van der Waals surface area (Å²) in [5, 5.41) is 11.4. The average molecular weight is 159 g/mol. The SMILES string of the molecule is Cc1nccc2cccc(O)c12. The minimum absolute atomic E-state index is 0.304. The molecule has 0 fully saturated rings. The molecule has 1 N–H and O–H groups in total. The lowest BCUT2D eigenvalue weighted by Crippen LogP contribution is -1.82. The van der Waals surface area contributed by atoms with E-state index in [-0.39, 0.29) is 0 Å². The largest absolute Gasteiger partial charge is 0.507 e. The summed E-state index contributed by atoms with van der Waals surface area (Å²) in [7, 11) is 0. The quantitative estimate of drug-likeness (QED) is 0.639.